The summed E-state index contributed by atoms with van der Waals surface area (Å²) in [5.74, 6) is 0. The number of aromatic amines is 1. The van der Waals surface area contributed by atoms with Gasteiger partial charge in [-0.3, -0.25) is 9.79 Å². The molecule has 0 aliphatic carbocycles. The topological polar surface area (TPSA) is 146 Å². The van der Waals surface area contributed by atoms with Crippen LogP contribution < -0.4 is 16.6 Å². The molecule has 9 heteroatoms. The number of aliphatic imine (C=N–C) groups is 1. The number of hydrogen-bond acceptors (Lipinski definition) is 7. The number of H-pyrrole nitrogens is 1. The molecule has 1 aromatic heterocycles. The van der Waals surface area contributed by atoms with Gasteiger partial charge in [-0.05, 0) is 56.3 Å². The normalized spacial score (nSPS) is 12.4. The van der Waals surface area contributed by atoms with Crippen molar-refractivity contribution < 1.29 is 9.53 Å². The Kier molecular flexibility index (Phi) is 7.49. The molecule has 1 heterocycles. The predicted octanol–water partition coefficient (Wildman–Crippen LogP) is 4.70. The van der Waals surface area contributed by atoms with E-state index in [2.05, 4.69) is 26.6 Å². The van der Waals surface area contributed by atoms with E-state index >= 15 is 0 Å². The Morgan fingerprint density at radius 3 is 2.56 bits per heavy atom. The highest BCUT2D eigenvalue weighted by atomic mass is 16.6. The third kappa shape index (κ3) is 5.50. The van der Waals surface area contributed by atoms with Gasteiger partial charge in [-0.2, -0.15) is 10.4 Å². The second kappa shape index (κ2) is 10.8. The van der Waals surface area contributed by atoms with Crippen LogP contribution in [0.2, 0.25) is 0 Å². The average molecular weight is 523 g/mol. The molecule has 0 aliphatic rings. The third-order valence-electron chi connectivity index (χ3n) is 6.27. The van der Waals surface area contributed by atoms with Gasteiger partial charge in [0, 0.05) is 35.2 Å². The molecule has 0 aliphatic heterocycles. The van der Waals surface area contributed by atoms with Gasteiger partial charge in [-0.1, -0.05) is 36.4 Å². The minimum Gasteiger partial charge on any atom is -0.444 e. The van der Waals surface area contributed by atoms with E-state index in [1.54, 1.807) is 46.0 Å². The standard InChI is InChI=1S/C30H30N6O3/c1-17-7-6-8-20-19(17)11-12-21(25(20)15-32)27(33-5)24(14-31)18-9-10-22-23(13-18)26(35-36-28(22)37)16-34-29(38)39-30(2,3)4/h6-14H,16,31H2,1-5H3,(H,34,38)(H,36,37)/b24-14-,33-27?. The highest BCUT2D eigenvalue weighted by Gasteiger charge is 2.20. The van der Waals surface area contributed by atoms with Crippen LogP contribution in [0, 0.1) is 18.3 Å². The van der Waals surface area contributed by atoms with Gasteiger partial charge in [-0.15, -0.1) is 0 Å². The van der Waals surface area contributed by atoms with Gasteiger partial charge < -0.3 is 15.8 Å². The number of nitrogens with one attached hydrogen (secondary N) is 2. The number of carbonyl (C=O) groups excluding carboxylic acids is 1. The highest BCUT2D eigenvalue weighted by Crippen LogP contribution is 2.30. The van der Waals surface area contributed by atoms with E-state index in [0.29, 0.717) is 44.4 Å². The van der Waals surface area contributed by atoms with Gasteiger partial charge in [0.15, 0.2) is 0 Å². The molecule has 198 valence electrons. The quantitative estimate of drug-likeness (QED) is 0.324. The van der Waals surface area contributed by atoms with Crippen LogP contribution in [0.3, 0.4) is 0 Å². The number of nitrogens with zero attached hydrogens (tertiary/aromatic N) is 3. The summed E-state index contributed by atoms with van der Waals surface area (Å²) < 4.78 is 5.31. The molecule has 0 radical (unpaired) electrons. The van der Waals surface area contributed by atoms with Crippen LogP contribution in [0.25, 0.3) is 27.1 Å². The second-order valence-corrected chi connectivity index (χ2v) is 10.0. The van der Waals surface area contributed by atoms with Crippen LogP contribution in [0.5, 0.6) is 0 Å². The van der Waals surface area contributed by atoms with Gasteiger partial charge in [0.2, 0.25) is 0 Å². The van der Waals surface area contributed by atoms with Crippen molar-refractivity contribution in [1.29, 1.82) is 5.26 Å². The predicted molar refractivity (Wildman–Crippen MR) is 153 cm³/mol. The fourth-order valence-electron chi connectivity index (χ4n) is 4.52. The van der Waals surface area contributed by atoms with E-state index < -0.39 is 11.7 Å². The number of hydrogen-bond donors (Lipinski definition) is 3. The zero-order valence-corrected chi connectivity index (χ0v) is 22.5. The minimum atomic E-state index is -0.655. The summed E-state index contributed by atoms with van der Waals surface area (Å²) in [6, 6.07) is 17.3. The number of allylic oxidation sites excluding steroid dienone is 1. The number of amides is 1. The molecular weight excluding hydrogens is 492 g/mol. The van der Waals surface area contributed by atoms with Gasteiger partial charge in [0.05, 0.1) is 28.9 Å². The van der Waals surface area contributed by atoms with Crippen LogP contribution in [0.1, 0.15) is 48.7 Å². The molecule has 0 fully saturated rings. The van der Waals surface area contributed by atoms with Crippen molar-refractivity contribution in [3.8, 4) is 6.07 Å². The Labute approximate surface area is 226 Å². The summed E-state index contributed by atoms with van der Waals surface area (Å²) in [5, 5.41) is 22.2. The molecule has 4 N–H and O–H groups in total. The lowest BCUT2D eigenvalue weighted by atomic mass is 9.89. The first-order valence-corrected chi connectivity index (χ1v) is 12.4. The van der Waals surface area contributed by atoms with Crippen molar-refractivity contribution in [2.24, 2.45) is 10.7 Å². The summed E-state index contributed by atoms with van der Waals surface area (Å²) in [5.41, 5.74) is 9.55. The molecule has 3 aromatic carbocycles. The largest absolute Gasteiger partial charge is 0.444 e. The Bertz CT molecular complexity index is 1750. The van der Waals surface area contributed by atoms with E-state index in [1.807, 2.05) is 37.3 Å². The molecule has 0 bridgehead atoms. The first kappa shape index (κ1) is 27.1. The van der Waals surface area contributed by atoms with Crippen molar-refractivity contribution in [3.63, 3.8) is 0 Å². The number of carbonyl (C=O) groups is 1. The summed E-state index contributed by atoms with van der Waals surface area (Å²) in [7, 11) is 1.64. The number of benzene rings is 3. The number of alkyl carbamates (subject to hydrolysis) is 1. The van der Waals surface area contributed by atoms with E-state index in [9.17, 15) is 14.9 Å². The van der Waals surface area contributed by atoms with Crippen LogP contribution >= 0.6 is 0 Å². The fourth-order valence-corrected chi connectivity index (χ4v) is 4.52. The molecule has 4 rings (SSSR count). The molecule has 1 amide bonds. The number of ether oxygens (including phenoxy) is 1. The zero-order valence-electron chi connectivity index (χ0n) is 22.5. The summed E-state index contributed by atoms with van der Waals surface area (Å²) >= 11 is 0. The minimum absolute atomic E-state index is 0.0324. The lowest BCUT2D eigenvalue weighted by Crippen LogP contribution is -2.32. The number of aromatic nitrogens is 2. The number of aryl methyl sites for hydroxylation is 1. The van der Waals surface area contributed by atoms with Crippen LogP contribution in [-0.4, -0.2) is 34.7 Å². The molecule has 4 aromatic rings. The Morgan fingerprint density at radius 1 is 1.15 bits per heavy atom. The maximum absolute atomic E-state index is 12.5. The molecular formula is C30H30N6O3. The van der Waals surface area contributed by atoms with Crippen molar-refractivity contribution >= 4 is 38.9 Å². The molecule has 0 saturated heterocycles. The van der Waals surface area contributed by atoms with Gasteiger partial charge in [0.1, 0.15) is 11.7 Å². The third-order valence-corrected chi connectivity index (χ3v) is 6.27. The van der Waals surface area contributed by atoms with E-state index in [-0.39, 0.29) is 12.1 Å². The van der Waals surface area contributed by atoms with E-state index in [0.717, 1.165) is 16.3 Å². The van der Waals surface area contributed by atoms with Gasteiger partial charge >= 0.3 is 6.09 Å². The lowest BCUT2D eigenvalue weighted by Gasteiger charge is -2.19. The molecule has 39 heavy (non-hydrogen) atoms. The Balaban J connectivity index is 1.79. The van der Waals surface area contributed by atoms with Gasteiger partial charge in [0.25, 0.3) is 5.56 Å². The average Bonchev–Trinajstić information content (AvgIpc) is 2.90. The molecule has 0 saturated carbocycles. The molecule has 9 nitrogen and oxygen atoms in total. The van der Waals surface area contributed by atoms with E-state index in [1.165, 1.54) is 6.20 Å². The van der Waals surface area contributed by atoms with Crippen LogP contribution in [0.15, 0.2) is 64.5 Å². The monoisotopic (exact) mass is 522 g/mol. The molecule has 0 spiro atoms. The Hall–Kier alpha value is -4.97. The summed E-state index contributed by atoms with van der Waals surface area (Å²) in [6.07, 6.45) is 0.836. The maximum Gasteiger partial charge on any atom is 0.407 e. The molecule has 0 atom stereocenters. The SMILES string of the molecule is CN=C(/C(=C\N)c1ccc2c(=O)[nH]nc(CNC(=O)OC(C)(C)C)c2c1)c1ccc2c(C)cccc2c1C#N. The van der Waals surface area contributed by atoms with Crippen molar-refractivity contribution in [2.45, 2.75) is 39.8 Å². The van der Waals surface area contributed by atoms with Crippen LogP contribution in [-0.2, 0) is 11.3 Å². The highest BCUT2D eigenvalue weighted by molar-refractivity contribution is 6.33. The first-order valence-electron chi connectivity index (χ1n) is 12.4. The van der Waals surface area contributed by atoms with Gasteiger partial charge in [-0.25, -0.2) is 9.89 Å². The second-order valence-electron chi connectivity index (χ2n) is 10.0. The Morgan fingerprint density at radius 2 is 1.90 bits per heavy atom. The van der Waals surface area contributed by atoms with Crippen molar-refractivity contribution in [1.82, 2.24) is 15.5 Å². The summed E-state index contributed by atoms with van der Waals surface area (Å²) in [6.45, 7) is 7.35. The lowest BCUT2D eigenvalue weighted by molar-refractivity contribution is 0.0523. The maximum atomic E-state index is 12.5. The summed E-state index contributed by atoms with van der Waals surface area (Å²) in [4.78, 5) is 29.3. The number of nitriles is 1. The van der Waals surface area contributed by atoms with Crippen molar-refractivity contribution in [2.75, 3.05) is 7.05 Å². The first-order chi connectivity index (χ1) is 18.6. The number of rotatable bonds is 5. The smallest absolute Gasteiger partial charge is 0.407 e. The fraction of sp³-hybridized carbons (Fsp3) is 0.233. The van der Waals surface area contributed by atoms with Crippen molar-refractivity contribution in [3.05, 3.63) is 93.0 Å². The number of nitrogens with two attached hydrogens (primary N) is 1. The van der Waals surface area contributed by atoms with E-state index in [4.69, 9.17) is 10.5 Å². The molecule has 0 unspecified atom stereocenters. The zero-order chi connectivity index (χ0) is 28.3. The van der Waals surface area contributed by atoms with Crippen LogP contribution in [0.4, 0.5) is 4.79 Å². The number of fused-ring (bicyclic) bond motifs is 2.